The van der Waals surface area contributed by atoms with Crippen LogP contribution in [0.4, 0.5) is 0 Å². The molecule has 0 fully saturated rings. The van der Waals surface area contributed by atoms with Crippen LogP contribution >= 0.6 is 0 Å². The van der Waals surface area contributed by atoms with E-state index in [1.807, 2.05) is 19.2 Å². The van der Waals surface area contributed by atoms with E-state index in [1.54, 1.807) is 0 Å². The summed E-state index contributed by atoms with van der Waals surface area (Å²) in [7, 11) is 0. The molecule has 0 aliphatic carbocycles. The Kier molecular flexibility index (Phi) is 1.57. The maximum Gasteiger partial charge on any atom is 0.104 e. The summed E-state index contributed by atoms with van der Waals surface area (Å²) >= 11 is 0. The van der Waals surface area contributed by atoms with Crippen molar-refractivity contribution in [3.63, 3.8) is 0 Å². The highest BCUT2D eigenvalue weighted by Crippen LogP contribution is 2.10. The van der Waals surface area contributed by atoms with E-state index in [9.17, 15) is 0 Å². The second-order valence-electron chi connectivity index (χ2n) is 2.87. The minimum Gasteiger partial charge on any atom is -0.341 e. The second-order valence-corrected chi connectivity index (χ2v) is 2.87. The van der Waals surface area contributed by atoms with E-state index in [4.69, 9.17) is 0 Å². The summed E-state index contributed by atoms with van der Waals surface area (Å²) in [5.74, 6) is 0.944. The monoisotopic (exact) mass is 161 g/mol. The second kappa shape index (κ2) is 2.59. The van der Waals surface area contributed by atoms with Crippen molar-refractivity contribution in [2.24, 2.45) is 0 Å². The molecule has 0 atom stereocenters. The molecule has 0 unspecified atom stereocenters. The normalized spacial score (nSPS) is 10.8. The van der Waals surface area contributed by atoms with Crippen molar-refractivity contribution >= 4 is 11.0 Å². The van der Waals surface area contributed by atoms with Crippen molar-refractivity contribution in [3.8, 4) is 0 Å². The van der Waals surface area contributed by atoms with Gasteiger partial charge in [0.25, 0.3) is 0 Å². The molecule has 0 aliphatic rings. The van der Waals surface area contributed by atoms with Crippen LogP contribution in [-0.4, -0.2) is 15.0 Å². The SMILES string of the molecule is CCc1cc2nc(C)[nH]c2cn1. The summed E-state index contributed by atoms with van der Waals surface area (Å²) in [6.07, 6.45) is 2.80. The minimum absolute atomic E-state index is 0.944. The summed E-state index contributed by atoms with van der Waals surface area (Å²) < 4.78 is 0. The fourth-order valence-corrected chi connectivity index (χ4v) is 1.27. The molecule has 0 saturated carbocycles. The Morgan fingerprint density at radius 1 is 1.50 bits per heavy atom. The fourth-order valence-electron chi connectivity index (χ4n) is 1.27. The van der Waals surface area contributed by atoms with Crippen molar-refractivity contribution in [3.05, 3.63) is 23.8 Å². The summed E-state index contributed by atoms with van der Waals surface area (Å²) in [6, 6.07) is 2.03. The molecule has 0 spiro atoms. The quantitative estimate of drug-likeness (QED) is 0.693. The van der Waals surface area contributed by atoms with Crippen LogP contribution in [0.15, 0.2) is 12.3 Å². The van der Waals surface area contributed by atoms with Gasteiger partial charge < -0.3 is 4.98 Å². The Morgan fingerprint density at radius 3 is 3.08 bits per heavy atom. The zero-order valence-corrected chi connectivity index (χ0v) is 7.26. The number of pyridine rings is 1. The van der Waals surface area contributed by atoms with Gasteiger partial charge in [-0.1, -0.05) is 6.92 Å². The lowest BCUT2D eigenvalue weighted by molar-refractivity contribution is 1.04. The first-order valence-corrected chi connectivity index (χ1v) is 4.11. The van der Waals surface area contributed by atoms with Gasteiger partial charge in [0, 0.05) is 5.69 Å². The molecule has 2 heterocycles. The first kappa shape index (κ1) is 7.28. The molecular formula is C9H11N3. The summed E-state index contributed by atoms with van der Waals surface area (Å²) in [5.41, 5.74) is 3.12. The average molecular weight is 161 g/mol. The number of fused-ring (bicyclic) bond motifs is 1. The number of hydrogen-bond acceptors (Lipinski definition) is 2. The van der Waals surface area contributed by atoms with Crippen LogP contribution < -0.4 is 0 Å². The molecule has 2 aromatic heterocycles. The predicted octanol–water partition coefficient (Wildman–Crippen LogP) is 1.83. The molecule has 62 valence electrons. The van der Waals surface area contributed by atoms with Gasteiger partial charge in [-0.3, -0.25) is 4.98 Å². The molecule has 0 amide bonds. The number of hydrogen-bond donors (Lipinski definition) is 1. The third kappa shape index (κ3) is 1.07. The molecule has 0 aromatic carbocycles. The Bertz CT molecular complexity index is 403. The first-order valence-electron chi connectivity index (χ1n) is 4.11. The Balaban J connectivity index is 2.66. The molecule has 3 heteroatoms. The highest BCUT2D eigenvalue weighted by atomic mass is 14.9. The average Bonchev–Trinajstić information content (AvgIpc) is 2.43. The summed E-state index contributed by atoms with van der Waals surface area (Å²) in [4.78, 5) is 11.7. The van der Waals surface area contributed by atoms with E-state index in [0.717, 1.165) is 29.0 Å². The Morgan fingerprint density at radius 2 is 2.33 bits per heavy atom. The van der Waals surface area contributed by atoms with Crippen molar-refractivity contribution < 1.29 is 0 Å². The van der Waals surface area contributed by atoms with E-state index < -0.39 is 0 Å². The van der Waals surface area contributed by atoms with Crippen LogP contribution in [0, 0.1) is 6.92 Å². The number of aromatic nitrogens is 3. The molecule has 0 bridgehead atoms. The number of nitrogens with zero attached hydrogens (tertiary/aromatic N) is 2. The Hall–Kier alpha value is -1.38. The third-order valence-corrected chi connectivity index (χ3v) is 1.90. The van der Waals surface area contributed by atoms with Crippen LogP contribution in [0.2, 0.25) is 0 Å². The summed E-state index contributed by atoms with van der Waals surface area (Å²) in [5, 5.41) is 0. The molecule has 2 aromatic rings. The lowest BCUT2D eigenvalue weighted by Crippen LogP contribution is -1.84. The van der Waals surface area contributed by atoms with E-state index in [2.05, 4.69) is 21.9 Å². The van der Waals surface area contributed by atoms with Crippen molar-refractivity contribution in [1.29, 1.82) is 0 Å². The van der Waals surface area contributed by atoms with Gasteiger partial charge in [-0.05, 0) is 19.4 Å². The van der Waals surface area contributed by atoms with Gasteiger partial charge in [-0.15, -0.1) is 0 Å². The number of imidazole rings is 1. The lowest BCUT2D eigenvalue weighted by Gasteiger charge is -1.92. The largest absolute Gasteiger partial charge is 0.341 e. The van der Waals surface area contributed by atoms with Gasteiger partial charge >= 0.3 is 0 Å². The zero-order valence-electron chi connectivity index (χ0n) is 7.26. The number of nitrogens with one attached hydrogen (secondary N) is 1. The van der Waals surface area contributed by atoms with Gasteiger partial charge in [-0.25, -0.2) is 4.98 Å². The number of aryl methyl sites for hydroxylation is 2. The molecule has 1 N–H and O–H groups in total. The smallest absolute Gasteiger partial charge is 0.104 e. The first-order chi connectivity index (χ1) is 5.79. The van der Waals surface area contributed by atoms with Crippen LogP contribution in [0.5, 0.6) is 0 Å². The van der Waals surface area contributed by atoms with E-state index in [0.29, 0.717) is 0 Å². The maximum atomic E-state index is 4.33. The highest BCUT2D eigenvalue weighted by Gasteiger charge is 1.99. The standard InChI is InChI=1S/C9H11N3/c1-3-7-4-8-9(5-10-7)12-6(2)11-8/h4-5H,3H2,1-2H3,(H,11,12). The molecule has 0 radical (unpaired) electrons. The van der Waals surface area contributed by atoms with Crippen LogP contribution in [0.1, 0.15) is 18.4 Å². The third-order valence-electron chi connectivity index (χ3n) is 1.90. The van der Waals surface area contributed by atoms with Crippen LogP contribution in [0.25, 0.3) is 11.0 Å². The predicted molar refractivity (Wildman–Crippen MR) is 48.0 cm³/mol. The molecule has 0 saturated heterocycles. The number of H-pyrrole nitrogens is 1. The van der Waals surface area contributed by atoms with E-state index in [-0.39, 0.29) is 0 Å². The zero-order chi connectivity index (χ0) is 8.55. The molecule has 3 nitrogen and oxygen atoms in total. The number of rotatable bonds is 1. The van der Waals surface area contributed by atoms with Crippen molar-refractivity contribution in [2.75, 3.05) is 0 Å². The molecular weight excluding hydrogens is 150 g/mol. The minimum atomic E-state index is 0.944. The van der Waals surface area contributed by atoms with Gasteiger partial charge in [0.15, 0.2) is 0 Å². The molecule has 2 rings (SSSR count). The topological polar surface area (TPSA) is 41.6 Å². The number of aromatic amines is 1. The van der Waals surface area contributed by atoms with Crippen molar-refractivity contribution in [2.45, 2.75) is 20.3 Å². The Labute approximate surface area is 70.9 Å². The molecule has 12 heavy (non-hydrogen) atoms. The maximum absolute atomic E-state index is 4.33. The van der Waals surface area contributed by atoms with E-state index in [1.165, 1.54) is 0 Å². The lowest BCUT2D eigenvalue weighted by atomic mass is 10.3. The molecule has 0 aliphatic heterocycles. The van der Waals surface area contributed by atoms with Gasteiger partial charge in [0.2, 0.25) is 0 Å². The van der Waals surface area contributed by atoms with Gasteiger partial charge in [0.1, 0.15) is 5.82 Å². The fraction of sp³-hybridized carbons (Fsp3) is 0.333. The van der Waals surface area contributed by atoms with Crippen LogP contribution in [0.3, 0.4) is 0 Å². The summed E-state index contributed by atoms with van der Waals surface area (Å²) in [6.45, 7) is 4.04. The van der Waals surface area contributed by atoms with E-state index >= 15 is 0 Å². The van der Waals surface area contributed by atoms with Gasteiger partial charge in [-0.2, -0.15) is 0 Å². The van der Waals surface area contributed by atoms with Crippen molar-refractivity contribution in [1.82, 2.24) is 15.0 Å². The van der Waals surface area contributed by atoms with Gasteiger partial charge in [0.05, 0.1) is 17.2 Å². The van der Waals surface area contributed by atoms with Crippen LogP contribution in [-0.2, 0) is 6.42 Å². The highest BCUT2D eigenvalue weighted by molar-refractivity contribution is 5.74.